The molecule has 1 N–H and O–H groups in total. The number of hydrogen-bond acceptors (Lipinski definition) is 6. The third kappa shape index (κ3) is 3.17. The Morgan fingerprint density at radius 1 is 1.63 bits per heavy atom. The molecule has 19 heavy (non-hydrogen) atoms. The number of ether oxygens (including phenoxy) is 1. The van der Waals surface area contributed by atoms with Crippen LogP contribution in [0, 0.1) is 0 Å². The predicted octanol–water partition coefficient (Wildman–Crippen LogP) is 1.92. The Morgan fingerprint density at radius 3 is 3.11 bits per heavy atom. The van der Waals surface area contributed by atoms with E-state index in [4.69, 9.17) is 4.74 Å². The lowest BCUT2D eigenvalue weighted by molar-refractivity contribution is 0.101. The van der Waals surface area contributed by atoms with Crippen molar-refractivity contribution in [2.24, 2.45) is 0 Å². The number of aromatic nitrogens is 4. The van der Waals surface area contributed by atoms with Gasteiger partial charge in [-0.25, -0.2) is 4.98 Å². The quantitative estimate of drug-likeness (QED) is 0.894. The summed E-state index contributed by atoms with van der Waals surface area (Å²) in [7, 11) is 1.57. The third-order valence-electron chi connectivity index (χ3n) is 2.27. The van der Waals surface area contributed by atoms with Crippen molar-refractivity contribution in [1.82, 2.24) is 19.1 Å². The first-order valence-corrected chi connectivity index (χ1v) is 7.06. The molecule has 0 bridgehead atoms. The van der Waals surface area contributed by atoms with Crippen LogP contribution in [0.25, 0.3) is 0 Å². The topological polar surface area (TPSA) is 81.9 Å². The zero-order chi connectivity index (χ0) is 13.8. The highest BCUT2D eigenvalue weighted by Crippen LogP contribution is 2.19. The Hall–Kier alpha value is -1.32. The van der Waals surface area contributed by atoms with Gasteiger partial charge in [0.25, 0.3) is 5.91 Å². The molecular formula is C10H12BrN5O2S. The molecule has 0 spiro atoms. The van der Waals surface area contributed by atoms with Gasteiger partial charge in [-0.1, -0.05) is 0 Å². The van der Waals surface area contributed by atoms with Gasteiger partial charge in [0.1, 0.15) is 12.3 Å². The molecule has 7 nitrogen and oxygen atoms in total. The maximum absolute atomic E-state index is 12.1. The van der Waals surface area contributed by atoms with Gasteiger partial charge in [0, 0.05) is 25.2 Å². The second kappa shape index (κ2) is 6.22. The van der Waals surface area contributed by atoms with E-state index < -0.39 is 0 Å². The van der Waals surface area contributed by atoms with Crippen molar-refractivity contribution >= 4 is 38.5 Å². The van der Waals surface area contributed by atoms with Crippen LogP contribution in [0.2, 0.25) is 0 Å². The first kappa shape index (κ1) is 14.1. The summed E-state index contributed by atoms with van der Waals surface area (Å²) >= 11 is 4.42. The Kier molecular flexibility index (Phi) is 4.61. The molecule has 102 valence electrons. The van der Waals surface area contributed by atoms with Gasteiger partial charge < -0.3 is 4.74 Å². The van der Waals surface area contributed by atoms with E-state index >= 15 is 0 Å². The van der Waals surface area contributed by atoms with Crippen molar-refractivity contribution in [3.8, 4) is 0 Å². The fourth-order valence-electron chi connectivity index (χ4n) is 1.48. The number of aryl methyl sites for hydroxylation is 1. The summed E-state index contributed by atoms with van der Waals surface area (Å²) in [6.07, 6.45) is 1.59. The van der Waals surface area contributed by atoms with Crippen LogP contribution in [0.3, 0.4) is 0 Å². The monoisotopic (exact) mass is 345 g/mol. The Balaban J connectivity index is 2.13. The van der Waals surface area contributed by atoms with Gasteiger partial charge in [0.05, 0.1) is 10.7 Å². The second-order valence-electron chi connectivity index (χ2n) is 3.56. The molecule has 0 aliphatic rings. The summed E-state index contributed by atoms with van der Waals surface area (Å²) in [5.74, 6) is 0.275. The number of rotatable bonds is 5. The first-order chi connectivity index (χ1) is 9.15. The fraction of sp³-hybridized carbons (Fsp3) is 0.400. The first-order valence-electron chi connectivity index (χ1n) is 5.49. The van der Waals surface area contributed by atoms with E-state index in [1.807, 2.05) is 6.92 Å². The molecule has 1 amide bonds. The molecule has 0 fully saturated rings. The van der Waals surface area contributed by atoms with Gasteiger partial charge in [0.2, 0.25) is 5.13 Å². The number of carbonyl (C=O) groups excluding carboxylic acids is 1. The van der Waals surface area contributed by atoms with Gasteiger partial charge in [-0.15, -0.1) is 0 Å². The average molecular weight is 346 g/mol. The van der Waals surface area contributed by atoms with Crippen LogP contribution in [0.15, 0.2) is 10.7 Å². The Bertz CT molecular complexity index is 582. The molecule has 2 heterocycles. The van der Waals surface area contributed by atoms with Crippen molar-refractivity contribution in [1.29, 1.82) is 0 Å². The van der Waals surface area contributed by atoms with E-state index in [0.717, 1.165) is 11.5 Å². The van der Waals surface area contributed by atoms with Crippen molar-refractivity contribution in [3.05, 3.63) is 22.2 Å². The molecule has 0 saturated carbocycles. The van der Waals surface area contributed by atoms with E-state index in [2.05, 4.69) is 35.7 Å². The van der Waals surface area contributed by atoms with Gasteiger partial charge in [-0.2, -0.15) is 9.47 Å². The van der Waals surface area contributed by atoms with Crippen LogP contribution in [-0.4, -0.2) is 32.2 Å². The predicted molar refractivity (Wildman–Crippen MR) is 74.2 cm³/mol. The van der Waals surface area contributed by atoms with Crippen LogP contribution in [-0.2, 0) is 17.9 Å². The molecule has 0 unspecified atom stereocenters. The molecular weight excluding hydrogens is 334 g/mol. The summed E-state index contributed by atoms with van der Waals surface area (Å²) in [5, 5.41) is 7.22. The number of nitrogens with one attached hydrogen (secondary N) is 1. The lowest BCUT2D eigenvalue weighted by Crippen LogP contribution is -2.17. The molecule has 2 rings (SSSR count). The number of methoxy groups -OCH3 is 1. The highest BCUT2D eigenvalue weighted by atomic mass is 79.9. The third-order valence-corrected chi connectivity index (χ3v) is 3.52. The van der Waals surface area contributed by atoms with Crippen LogP contribution < -0.4 is 5.32 Å². The maximum Gasteiger partial charge on any atom is 0.276 e. The molecule has 0 saturated heterocycles. The molecule has 0 aliphatic heterocycles. The minimum Gasteiger partial charge on any atom is -0.377 e. The zero-order valence-electron chi connectivity index (χ0n) is 10.4. The largest absolute Gasteiger partial charge is 0.377 e. The summed E-state index contributed by atoms with van der Waals surface area (Å²) in [4.78, 5) is 16.3. The fourth-order valence-corrected chi connectivity index (χ4v) is 2.52. The molecule has 0 aliphatic carbocycles. The van der Waals surface area contributed by atoms with Gasteiger partial charge in [-0.3, -0.25) is 14.8 Å². The van der Waals surface area contributed by atoms with Crippen molar-refractivity contribution in [2.75, 3.05) is 12.4 Å². The van der Waals surface area contributed by atoms with Crippen LogP contribution >= 0.6 is 27.5 Å². The van der Waals surface area contributed by atoms with E-state index in [1.54, 1.807) is 18.0 Å². The summed E-state index contributed by atoms with van der Waals surface area (Å²) < 4.78 is 11.2. The standard InChI is InChI=1S/C10H12BrN5O2S/c1-3-16-8(6(11)4-12-16)9(17)14-10-13-7(5-18-2)15-19-10/h4H,3,5H2,1-2H3,(H,13,14,15,17). The summed E-state index contributed by atoms with van der Waals surface area (Å²) in [5.41, 5.74) is 0.464. The molecule has 0 atom stereocenters. The van der Waals surface area contributed by atoms with Crippen molar-refractivity contribution < 1.29 is 9.53 Å². The smallest absolute Gasteiger partial charge is 0.276 e. The number of amides is 1. The molecule has 0 radical (unpaired) electrons. The van der Waals surface area contributed by atoms with Crippen LogP contribution in [0.4, 0.5) is 5.13 Å². The van der Waals surface area contributed by atoms with Gasteiger partial charge in [0.15, 0.2) is 5.82 Å². The number of halogens is 1. The van der Waals surface area contributed by atoms with Crippen molar-refractivity contribution in [3.63, 3.8) is 0 Å². The van der Waals surface area contributed by atoms with Crippen LogP contribution in [0.1, 0.15) is 23.2 Å². The van der Waals surface area contributed by atoms with E-state index in [0.29, 0.717) is 34.3 Å². The van der Waals surface area contributed by atoms with Gasteiger partial charge >= 0.3 is 0 Å². The minimum atomic E-state index is -0.272. The summed E-state index contributed by atoms with van der Waals surface area (Å²) in [6.45, 7) is 2.85. The number of carbonyl (C=O) groups is 1. The number of anilines is 1. The van der Waals surface area contributed by atoms with Gasteiger partial charge in [-0.05, 0) is 22.9 Å². The molecule has 9 heteroatoms. The van der Waals surface area contributed by atoms with E-state index in [-0.39, 0.29) is 5.91 Å². The summed E-state index contributed by atoms with van der Waals surface area (Å²) in [6, 6.07) is 0. The Morgan fingerprint density at radius 2 is 2.42 bits per heavy atom. The highest BCUT2D eigenvalue weighted by Gasteiger charge is 2.18. The second-order valence-corrected chi connectivity index (χ2v) is 5.17. The Labute approximate surface area is 122 Å². The SMILES string of the molecule is CCn1ncc(Br)c1C(=O)Nc1nc(COC)ns1. The maximum atomic E-state index is 12.1. The number of hydrogen-bond donors (Lipinski definition) is 1. The average Bonchev–Trinajstić information content (AvgIpc) is 2.96. The normalized spacial score (nSPS) is 10.7. The molecule has 0 aromatic carbocycles. The van der Waals surface area contributed by atoms with E-state index in [9.17, 15) is 4.79 Å². The molecule has 2 aromatic heterocycles. The zero-order valence-corrected chi connectivity index (χ0v) is 12.8. The van der Waals surface area contributed by atoms with Crippen LogP contribution in [0.5, 0.6) is 0 Å². The number of nitrogens with zero attached hydrogens (tertiary/aromatic N) is 4. The minimum absolute atomic E-state index is 0.272. The van der Waals surface area contributed by atoms with E-state index in [1.165, 1.54) is 0 Å². The lowest BCUT2D eigenvalue weighted by Gasteiger charge is -2.04. The molecule has 2 aromatic rings. The lowest BCUT2D eigenvalue weighted by atomic mass is 10.4. The van der Waals surface area contributed by atoms with Crippen molar-refractivity contribution in [2.45, 2.75) is 20.1 Å². The highest BCUT2D eigenvalue weighted by molar-refractivity contribution is 9.10.